The Hall–Kier alpha value is -0.900. The van der Waals surface area contributed by atoms with Gasteiger partial charge in [0.05, 0.1) is 10.4 Å². The Kier molecular flexibility index (Phi) is 3.28. The highest BCUT2D eigenvalue weighted by Crippen LogP contribution is 2.40. The average molecular weight is 287 g/mol. The molecule has 0 radical (unpaired) electrons. The molecule has 1 aromatic rings. The summed E-state index contributed by atoms with van der Waals surface area (Å²) in [6.07, 6.45) is 2.93. The van der Waals surface area contributed by atoms with Crippen molar-refractivity contribution in [1.82, 2.24) is 0 Å². The molecule has 16 heavy (non-hydrogen) atoms. The predicted molar refractivity (Wildman–Crippen MR) is 61.8 cm³/mol. The van der Waals surface area contributed by atoms with Crippen molar-refractivity contribution < 1.29 is 14.3 Å². The van der Waals surface area contributed by atoms with Crippen LogP contribution >= 0.6 is 15.9 Å². The van der Waals surface area contributed by atoms with Crippen molar-refractivity contribution >= 4 is 21.9 Å². The molecule has 0 aliphatic heterocycles. The van der Waals surface area contributed by atoms with Crippen LogP contribution in [0.2, 0.25) is 0 Å². The maximum atomic E-state index is 13.3. The topological polar surface area (TPSA) is 37.3 Å². The van der Waals surface area contributed by atoms with Gasteiger partial charge in [-0.05, 0) is 52.4 Å². The van der Waals surface area contributed by atoms with E-state index in [0.29, 0.717) is 10.0 Å². The zero-order chi connectivity index (χ0) is 11.7. The molecule has 2 rings (SSSR count). The molecule has 0 aromatic heterocycles. The Morgan fingerprint density at radius 3 is 2.62 bits per heavy atom. The fraction of sp³-hybridized carbons (Fsp3) is 0.417. The van der Waals surface area contributed by atoms with Gasteiger partial charge in [0, 0.05) is 0 Å². The van der Waals surface area contributed by atoms with E-state index in [2.05, 4.69) is 15.9 Å². The summed E-state index contributed by atoms with van der Waals surface area (Å²) in [6, 6.07) is 4.57. The Balaban J connectivity index is 2.31. The van der Waals surface area contributed by atoms with Crippen molar-refractivity contribution in [3.63, 3.8) is 0 Å². The van der Waals surface area contributed by atoms with Gasteiger partial charge in [-0.2, -0.15) is 0 Å². The van der Waals surface area contributed by atoms with Gasteiger partial charge >= 0.3 is 5.97 Å². The molecule has 0 heterocycles. The maximum absolute atomic E-state index is 13.3. The molecule has 0 spiro atoms. The lowest BCUT2D eigenvalue weighted by atomic mass is 9.73. The van der Waals surface area contributed by atoms with E-state index in [4.69, 9.17) is 0 Å². The number of carboxylic acids is 1. The minimum absolute atomic E-state index is 0.165. The van der Waals surface area contributed by atoms with Crippen molar-refractivity contribution in [2.45, 2.75) is 25.2 Å². The van der Waals surface area contributed by atoms with E-state index in [-0.39, 0.29) is 5.92 Å². The molecule has 1 aliphatic carbocycles. The van der Waals surface area contributed by atoms with Gasteiger partial charge in [-0.25, -0.2) is 4.39 Å². The van der Waals surface area contributed by atoms with Gasteiger partial charge in [-0.15, -0.1) is 0 Å². The first-order chi connectivity index (χ1) is 7.59. The zero-order valence-electron chi connectivity index (χ0n) is 8.62. The van der Waals surface area contributed by atoms with Crippen molar-refractivity contribution in [3.8, 4) is 0 Å². The van der Waals surface area contributed by atoms with Gasteiger partial charge in [-0.1, -0.05) is 12.5 Å². The van der Waals surface area contributed by atoms with Crippen molar-refractivity contribution in [2.75, 3.05) is 0 Å². The molecule has 1 saturated carbocycles. The second kappa shape index (κ2) is 4.53. The summed E-state index contributed by atoms with van der Waals surface area (Å²) in [6.45, 7) is 0. The molecule has 4 heteroatoms. The highest BCUT2D eigenvalue weighted by Gasteiger charge is 2.33. The minimum Gasteiger partial charge on any atom is -0.481 e. The van der Waals surface area contributed by atoms with E-state index in [1.54, 1.807) is 12.1 Å². The number of hydrogen-bond acceptors (Lipinski definition) is 1. The number of halogens is 2. The van der Waals surface area contributed by atoms with Crippen LogP contribution in [0.15, 0.2) is 22.7 Å². The van der Waals surface area contributed by atoms with Gasteiger partial charge in [0.25, 0.3) is 0 Å². The van der Waals surface area contributed by atoms with E-state index < -0.39 is 17.7 Å². The second-order valence-electron chi connectivity index (χ2n) is 4.18. The quantitative estimate of drug-likeness (QED) is 0.923. The van der Waals surface area contributed by atoms with Crippen LogP contribution < -0.4 is 0 Å². The van der Waals surface area contributed by atoms with E-state index in [9.17, 15) is 14.3 Å². The largest absolute Gasteiger partial charge is 0.481 e. The minimum atomic E-state index is -0.855. The molecule has 1 fully saturated rings. The molecule has 1 atom stereocenters. The third-order valence-electron chi connectivity index (χ3n) is 3.19. The molecule has 1 aromatic carbocycles. The lowest BCUT2D eigenvalue weighted by Gasteiger charge is -2.31. The molecule has 0 bridgehead atoms. The summed E-state index contributed by atoms with van der Waals surface area (Å²) >= 11 is 3.06. The monoisotopic (exact) mass is 286 g/mol. The van der Waals surface area contributed by atoms with Crippen molar-refractivity contribution in [2.24, 2.45) is 5.92 Å². The smallest absolute Gasteiger partial charge is 0.311 e. The molecule has 0 saturated heterocycles. The molecular formula is C12H12BrFO2. The van der Waals surface area contributed by atoms with Crippen LogP contribution in [0.3, 0.4) is 0 Å². The van der Waals surface area contributed by atoms with Gasteiger partial charge in [0.2, 0.25) is 0 Å². The highest BCUT2D eigenvalue weighted by atomic mass is 79.9. The number of benzene rings is 1. The van der Waals surface area contributed by atoms with E-state index in [1.807, 2.05) is 0 Å². The fourth-order valence-corrected chi connectivity index (χ4v) is 2.34. The summed E-state index contributed by atoms with van der Waals surface area (Å²) < 4.78 is 13.7. The summed E-state index contributed by atoms with van der Waals surface area (Å²) in [7, 11) is 0. The fourth-order valence-electron chi connectivity index (χ4n) is 2.10. The highest BCUT2D eigenvalue weighted by molar-refractivity contribution is 9.10. The Bertz CT molecular complexity index is 415. The van der Waals surface area contributed by atoms with E-state index in [1.165, 1.54) is 6.07 Å². The summed E-state index contributed by atoms with van der Waals surface area (Å²) in [5.41, 5.74) is 0.568. The molecule has 86 valence electrons. The maximum Gasteiger partial charge on any atom is 0.311 e. The number of aliphatic carboxylic acids is 1. The van der Waals surface area contributed by atoms with Crippen LogP contribution in [0.5, 0.6) is 0 Å². The second-order valence-corrected chi connectivity index (χ2v) is 5.03. The number of rotatable bonds is 3. The Morgan fingerprint density at radius 2 is 2.19 bits per heavy atom. The average Bonchev–Trinajstić information content (AvgIpc) is 2.15. The van der Waals surface area contributed by atoms with Crippen LogP contribution in [0.1, 0.15) is 30.7 Å². The van der Waals surface area contributed by atoms with E-state index in [0.717, 1.165) is 19.3 Å². The summed E-state index contributed by atoms with van der Waals surface area (Å²) in [5.74, 6) is -1.65. The normalized spacial score (nSPS) is 17.9. The van der Waals surface area contributed by atoms with Crippen LogP contribution in [-0.2, 0) is 4.79 Å². The predicted octanol–water partition coefficient (Wildman–Crippen LogP) is 3.56. The lowest BCUT2D eigenvalue weighted by Crippen LogP contribution is -2.26. The van der Waals surface area contributed by atoms with E-state index >= 15 is 0 Å². The Morgan fingerprint density at radius 1 is 1.50 bits per heavy atom. The zero-order valence-corrected chi connectivity index (χ0v) is 10.2. The van der Waals surface area contributed by atoms with Gasteiger partial charge in [0.1, 0.15) is 5.82 Å². The molecule has 0 amide bonds. The molecule has 0 unspecified atom stereocenters. The molecular weight excluding hydrogens is 275 g/mol. The Labute approximate surface area is 102 Å². The standard InChI is InChI=1S/C12H12BrFO2/c13-9-5-4-8(6-10(9)14)11(12(15)16)7-2-1-3-7/h4-7,11H,1-3H2,(H,15,16)/t11-/m0/s1. The summed E-state index contributed by atoms with van der Waals surface area (Å²) in [4.78, 5) is 11.2. The lowest BCUT2D eigenvalue weighted by molar-refractivity contribution is -0.141. The molecule has 2 nitrogen and oxygen atoms in total. The van der Waals surface area contributed by atoms with Crippen LogP contribution in [-0.4, -0.2) is 11.1 Å². The first kappa shape index (κ1) is 11.6. The van der Waals surface area contributed by atoms with Gasteiger partial charge in [-0.3, -0.25) is 4.79 Å². The number of carbonyl (C=O) groups is 1. The van der Waals surface area contributed by atoms with Gasteiger partial charge < -0.3 is 5.11 Å². The van der Waals surface area contributed by atoms with Crippen LogP contribution in [0, 0.1) is 11.7 Å². The first-order valence-electron chi connectivity index (χ1n) is 5.27. The summed E-state index contributed by atoms with van der Waals surface area (Å²) in [5, 5.41) is 9.19. The third-order valence-corrected chi connectivity index (χ3v) is 3.83. The SMILES string of the molecule is O=C(O)[C@H](c1ccc(Br)c(F)c1)C1CCC1. The first-order valence-corrected chi connectivity index (χ1v) is 6.06. The number of carboxylic acid groups (broad SMARTS) is 1. The van der Waals surface area contributed by atoms with Gasteiger partial charge in [0.15, 0.2) is 0 Å². The molecule has 1 aliphatic rings. The van der Waals surface area contributed by atoms with Crippen molar-refractivity contribution in [3.05, 3.63) is 34.1 Å². The third kappa shape index (κ3) is 2.12. The van der Waals surface area contributed by atoms with Crippen LogP contribution in [0.4, 0.5) is 4.39 Å². The van der Waals surface area contributed by atoms with Crippen molar-refractivity contribution in [1.29, 1.82) is 0 Å². The van der Waals surface area contributed by atoms with Crippen LogP contribution in [0.25, 0.3) is 0 Å². The molecule has 1 N–H and O–H groups in total. The number of hydrogen-bond donors (Lipinski definition) is 1.